The Morgan fingerprint density at radius 2 is 0.964 bits per heavy atom. The predicted octanol–water partition coefficient (Wildman–Crippen LogP) is 6.49. The monoisotopic (exact) mass is 418 g/mol. The molecule has 0 atom stereocenters. The van der Waals surface area contributed by atoms with Gasteiger partial charge in [-0.25, -0.2) is 0 Å². The zero-order valence-electron chi connectivity index (χ0n) is 16.7. The molecule has 4 rings (SSSR count). The smallest absolute Gasteiger partial charge is 0.0547 e. The van der Waals surface area contributed by atoms with E-state index in [4.69, 9.17) is 12.2 Å². The van der Waals surface area contributed by atoms with Gasteiger partial charge < -0.3 is 0 Å². The molecule has 0 radical (unpaired) electrons. The maximum atomic E-state index is 6.28. The number of benzene rings is 4. The van der Waals surface area contributed by atoms with Gasteiger partial charge >= 0.3 is 0 Å². The van der Waals surface area contributed by atoms with E-state index in [1.54, 1.807) is 0 Å². The summed E-state index contributed by atoms with van der Waals surface area (Å²) in [5.74, 6) is 0. The van der Waals surface area contributed by atoms with Crippen LogP contribution in [0.1, 0.15) is 11.1 Å². The van der Waals surface area contributed by atoms with Crippen LogP contribution in [-0.2, 0) is 0 Å². The molecule has 4 aromatic carbocycles. The van der Waals surface area contributed by atoms with Crippen LogP contribution in [0.25, 0.3) is 21.5 Å². The summed E-state index contributed by atoms with van der Waals surface area (Å²) >= 11 is 6.28. The van der Waals surface area contributed by atoms with E-state index in [1.165, 1.54) is 43.3 Å². The minimum atomic E-state index is -0.263. The van der Waals surface area contributed by atoms with Gasteiger partial charge in [0.05, 0.1) is 4.86 Å². The van der Waals surface area contributed by atoms with Crippen molar-refractivity contribution in [2.75, 3.05) is 26.7 Å². The first-order chi connectivity index (χ1) is 13.5. The maximum Gasteiger partial charge on any atom is 0.0547 e. The number of fused-ring (bicyclic) bond motifs is 2. The van der Waals surface area contributed by atoms with Crippen LogP contribution in [0.5, 0.6) is 0 Å². The molecule has 0 saturated carbocycles. The Balaban J connectivity index is 2.09. The van der Waals surface area contributed by atoms with Crippen LogP contribution in [0.15, 0.2) is 72.8 Å². The highest BCUT2D eigenvalue weighted by Gasteiger charge is 2.21. The van der Waals surface area contributed by atoms with E-state index in [0.717, 1.165) is 4.86 Å². The highest BCUT2D eigenvalue weighted by molar-refractivity contribution is 7.81. The molecule has 28 heavy (non-hydrogen) atoms. The molecule has 0 unspecified atom stereocenters. The average molecular weight is 418 g/mol. The molecule has 0 aromatic heterocycles. The first-order valence-corrected chi connectivity index (χ1v) is 14.3. The standard InChI is InChI=1S/C25H24P2S/c1-26(2)21-15-13-17-9-5-7-11-19(17)23(21)25(28)24-20-12-8-6-10-18(20)14-16-22(24)27(3)4/h5-16H,1-4H3. The summed E-state index contributed by atoms with van der Waals surface area (Å²) in [4.78, 5) is 1.01. The van der Waals surface area contributed by atoms with Crippen LogP contribution in [0.4, 0.5) is 0 Å². The summed E-state index contributed by atoms with van der Waals surface area (Å²) in [7, 11) is -0.526. The molecular weight excluding hydrogens is 394 g/mol. The van der Waals surface area contributed by atoms with Gasteiger partial charge in [-0.15, -0.1) is 0 Å². The topological polar surface area (TPSA) is 0 Å². The fraction of sp³-hybridized carbons (Fsp3) is 0.160. The van der Waals surface area contributed by atoms with Crippen molar-refractivity contribution in [3.05, 3.63) is 83.9 Å². The fourth-order valence-electron chi connectivity index (χ4n) is 3.87. The molecule has 140 valence electrons. The minimum Gasteiger partial charge on any atom is -0.0810 e. The molecule has 3 heteroatoms. The summed E-state index contributed by atoms with van der Waals surface area (Å²) in [5, 5.41) is 7.87. The van der Waals surface area contributed by atoms with Crippen molar-refractivity contribution in [3.8, 4) is 0 Å². The molecule has 0 aliphatic rings. The molecule has 4 aromatic rings. The van der Waals surface area contributed by atoms with Gasteiger partial charge in [0, 0.05) is 11.1 Å². The fourth-order valence-corrected chi connectivity index (χ4v) is 6.56. The van der Waals surface area contributed by atoms with Crippen LogP contribution in [0.2, 0.25) is 0 Å². The molecule has 0 aliphatic carbocycles. The normalized spacial score (nSPS) is 11.6. The third kappa shape index (κ3) is 3.42. The van der Waals surface area contributed by atoms with E-state index in [0.29, 0.717) is 0 Å². The quantitative estimate of drug-likeness (QED) is 0.207. The van der Waals surface area contributed by atoms with Gasteiger partial charge in [-0.3, -0.25) is 0 Å². The highest BCUT2D eigenvalue weighted by Crippen LogP contribution is 2.35. The van der Waals surface area contributed by atoms with E-state index in [2.05, 4.69) is 99.5 Å². The predicted molar refractivity (Wildman–Crippen MR) is 136 cm³/mol. The average Bonchev–Trinajstić information content (AvgIpc) is 2.71. The number of thiocarbonyl (C=S) groups is 1. The molecule has 0 amide bonds. The Hall–Kier alpha value is -1.65. The Morgan fingerprint density at radius 1 is 0.571 bits per heavy atom. The van der Waals surface area contributed by atoms with Crippen LogP contribution in [0, 0.1) is 0 Å². The molecular formula is C25H24P2S. The van der Waals surface area contributed by atoms with E-state index in [1.807, 2.05) is 0 Å². The molecule has 0 N–H and O–H groups in total. The van der Waals surface area contributed by atoms with Gasteiger partial charge in [-0.05, 0) is 58.8 Å². The molecule has 0 aliphatic heterocycles. The van der Waals surface area contributed by atoms with Crippen LogP contribution >= 0.6 is 28.1 Å². The summed E-state index contributed by atoms with van der Waals surface area (Å²) < 4.78 is 0. The van der Waals surface area contributed by atoms with Crippen molar-refractivity contribution in [1.82, 2.24) is 0 Å². The van der Waals surface area contributed by atoms with Crippen molar-refractivity contribution in [2.24, 2.45) is 0 Å². The number of rotatable bonds is 4. The van der Waals surface area contributed by atoms with E-state index in [9.17, 15) is 0 Å². The Bertz CT molecular complexity index is 1100. The zero-order chi connectivity index (χ0) is 19.8. The van der Waals surface area contributed by atoms with Crippen molar-refractivity contribution in [2.45, 2.75) is 0 Å². The molecule has 0 heterocycles. The molecule has 0 fully saturated rings. The molecule has 0 spiro atoms. The largest absolute Gasteiger partial charge is 0.0810 e. The summed E-state index contributed by atoms with van der Waals surface area (Å²) in [6, 6.07) is 26.4. The Morgan fingerprint density at radius 3 is 1.36 bits per heavy atom. The van der Waals surface area contributed by atoms with Gasteiger partial charge in [0.1, 0.15) is 0 Å². The van der Waals surface area contributed by atoms with Crippen molar-refractivity contribution < 1.29 is 0 Å². The van der Waals surface area contributed by atoms with Crippen LogP contribution in [-0.4, -0.2) is 31.5 Å². The lowest BCUT2D eigenvalue weighted by molar-refractivity contribution is 1.72. The van der Waals surface area contributed by atoms with Gasteiger partial charge in [0.15, 0.2) is 0 Å². The van der Waals surface area contributed by atoms with Gasteiger partial charge in [-0.2, -0.15) is 0 Å². The minimum absolute atomic E-state index is 0.263. The lowest BCUT2D eigenvalue weighted by atomic mass is 9.94. The van der Waals surface area contributed by atoms with Crippen molar-refractivity contribution in [3.63, 3.8) is 0 Å². The maximum absolute atomic E-state index is 6.28. The second-order valence-electron chi connectivity index (χ2n) is 7.48. The second-order valence-corrected chi connectivity index (χ2v) is 12.4. The zero-order valence-corrected chi connectivity index (χ0v) is 19.3. The Labute approximate surface area is 175 Å². The van der Waals surface area contributed by atoms with E-state index >= 15 is 0 Å². The van der Waals surface area contributed by atoms with Gasteiger partial charge in [0.25, 0.3) is 0 Å². The summed E-state index contributed by atoms with van der Waals surface area (Å²) in [6.07, 6.45) is 0. The number of hydrogen-bond donors (Lipinski definition) is 0. The van der Waals surface area contributed by atoms with Gasteiger partial charge in [0.2, 0.25) is 0 Å². The van der Waals surface area contributed by atoms with Crippen LogP contribution in [0.3, 0.4) is 0 Å². The van der Waals surface area contributed by atoms with Crippen molar-refractivity contribution >= 4 is 65.1 Å². The lowest BCUT2D eigenvalue weighted by Crippen LogP contribution is -2.20. The first kappa shape index (κ1) is 19.7. The third-order valence-electron chi connectivity index (χ3n) is 5.23. The van der Waals surface area contributed by atoms with E-state index in [-0.39, 0.29) is 15.8 Å². The highest BCUT2D eigenvalue weighted by atomic mass is 32.1. The van der Waals surface area contributed by atoms with Gasteiger partial charge in [-0.1, -0.05) is 101 Å². The SMILES string of the molecule is CP(C)c1ccc2ccccc2c1C(=S)c1c(P(C)C)ccc2ccccc12. The Kier molecular flexibility index (Phi) is 5.62. The van der Waals surface area contributed by atoms with Crippen molar-refractivity contribution in [1.29, 1.82) is 0 Å². The number of hydrogen-bond acceptors (Lipinski definition) is 1. The summed E-state index contributed by atoms with van der Waals surface area (Å²) in [5.41, 5.74) is 2.53. The van der Waals surface area contributed by atoms with E-state index < -0.39 is 0 Å². The third-order valence-corrected chi connectivity index (χ3v) is 8.31. The van der Waals surface area contributed by atoms with Crippen LogP contribution < -0.4 is 10.6 Å². The molecule has 0 saturated heterocycles. The molecule has 0 nitrogen and oxygen atoms in total. The summed E-state index contributed by atoms with van der Waals surface area (Å²) in [6.45, 7) is 9.29. The lowest BCUT2D eigenvalue weighted by Gasteiger charge is -2.21. The second kappa shape index (κ2) is 8.00. The molecule has 0 bridgehead atoms. The first-order valence-electron chi connectivity index (χ1n) is 9.42.